The third-order valence-electron chi connectivity index (χ3n) is 3.41. The molecule has 1 rings (SSSR count). The van der Waals surface area contributed by atoms with Gasteiger partial charge in [0.2, 0.25) is 0 Å². The van der Waals surface area contributed by atoms with Crippen LogP contribution in [0.4, 0.5) is 0 Å². The Hall–Kier alpha value is -0.120. The van der Waals surface area contributed by atoms with E-state index in [1.165, 1.54) is 6.42 Å². The molecule has 1 aliphatic carbocycles. The first-order chi connectivity index (χ1) is 8.27. The summed E-state index contributed by atoms with van der Waals surface area (Å²) in [6, 6.07) is 0. The molecule has 0 spiro atoms. The number of unbranched alkanes of at least 4 members (excludes halogenated alkanes) is 2. The molecule has 3 heteroatoms. The number of rotatable bonds is 9. The Morgan fingerprint density at radius 2 is 1.76 bits per heavy atom. The smallest absolute Gasteiger partial charge is 0.0650 e. The fraction of sp³-hybridized carbons (Fsp3) is 1.00. The second-order valence-corrected chi connectivity index (χ2v) is 5.08. The van der Waals surface area contributed by atoms with Gasteiger partial charge in [-0.25, -0.2) is 0 Å². The van der Waals surface area contributed by atoms with Crippen molar-refractivity contribution in [3.05, 3.63) is 0 Å². The predicted octanol–water partition coefficient (Wildman–Crippen LogP) is 2.76. The van der Waals surface area contributed by atoms with Crippen LogP contribution in [0.15, 0.2) is 0 Å². The van der Waals surface area contributed by atoms with Crippen LogP contribution in [0.2, 0.25) is 0 Å². The van der Waals surface area contributed by atoms with Crippen LogP contribution < -0.4 is 0 Å². The highest BCUT2D eigenvalue weighted by Crippen LogP contribution is 2.29. The van der Waals surface area contributed by atoms with Crippen LogP contribution in [0.5, 0.6) is 0 Å². The first kappa shape index (κ1) is 14.9. The lowest BCUT2D eigenvalue weighted by molar-refractivity contribution is -0.00924. The van der Waals surface area contributed by atoms with E-state index in [2.05, 4.69) is 13.8 Å². The summed E-state index contributed by atoms with van der Waals surface area (Å²) < 4.78 is 11.5. The van der Waals surface area contributed by atoms with Crippen LogP contribution in [0.25, 0.3) is 0 Å². The average Bonchev–Trinajstić information content (AvgIpc) is 2.66. The summed E-state index contributed by atoms with van der Waals surface area (Å²) in [5, 5.41) is 9.69. The van der Waals surface area contributed by atoms with Gasteiger partial charge >= 0.3 is 0 Å². The monoisotopic (exact) mass is 244 g/mol. The molecule has 0 aromatic rings. The average molecular weight is 244 g/mol. The number of aliphatic hydroxyl groups is 1. The van der Waals surface area contributed by atoms with Crippen molar-refractivity contribution in [2.24, 2.45) is 5.92 Å². The predicted molar refractivity (Wildman–Crippen MR) is 69.1 cm³/mol. The molecular formula is C14H28O3. The standard InChI is InChI=1S/C14H28O3/c1-3-5-7-16-11-12-9-13(15)10-14(12)17-8-6-4-2/h12-15H,3-11H2,1-2H3/t12-,13+,14?/m1/s1. The Morgan fingerprint density at radius 1 is 1.06 bits per heavy atom. The molecule has 0 amide bonds. The van der Waals surface area contributed by atoms with Crippen molar-refractivity contribution < 1.29 is 14.6 Å². The molecule has 1 fully saturated rings. The highest BCUT2D eigenvalue weighted by molar-refractivity contribution is 4.84. The summed E-state index contributed by atoms with van der Waals surface area (Å²) in [6.45, 7) is 6.73. The third kappa shape index (κ3) is 5.84. The SMILES string of the molecule is CCCCOC[C@H]1C[C@H](O)CC1OCCCC. The first-order valence-electron chi connectivity index (χ1n) is 7.15. The Balaban J connectivity index is 2.19. The summed E-state index contributed by atoms with van der Waals surface area (Å²) in [5.41, 5.74) is 0. The molecule has 1 saturated carbocycles. The maximum absolute atomic E-state index is 9.69. The van der Waals surface area contributed by atoms with Gasteiger partial charge in [-0.1, -0.05) is 26.7 Å². The lowest BCUT2D eigenvalue weighted by atomic mass is 10.1. The van der Waals surface area contributed by atoms with Crippen molar-refractivity contribution in [2.75, 3.05) is 19.8 Å². The molecule has 1 N–H and O–H groups in total. The van der Waals surface area contributed by atoms with E-state index in [0.717, 1.165) is 51.9 Å². The Kier molecular flexibility index (Phi) is 7.82. The zero-order valence-electron chi connectivity index (χ0n) is 11.4. The molecule has 102 valence electrons. The summed E-state index contributed by atoms with van der Waals surface area (Å²) in [7, 11) is 0. The molecule has 3 atom stereocenters. The van der Waals surface area contributed by atoms with E-state index in [1.54, 1.807) is 0 Å². The Morgan fingerprint density at radius 3 is 2.47 bits per heavy atom. The van der Waals surface area contributed by atoms with Crippen LogP contribution in [0, 0.1) is 5.92 Å². The van der Waals surface area contributed by atoms with E-state index in [4.69, 9.17) is 9.47 Å². The maximum atomic E-state index is 9.69. The molecule has 1 aliphatic rings. The van der Waals surface area contributed by atoms with Gasteiger partial charge in [0.15, 0.2) is 0 Å². The lowest BCUT2D eigenvalue weighted by Gasteiger charge is -2.19. The molecule has 0 aromatic heterocycles. The summed E-state index contributed by atoms with van der Waals surface area (Å²) in [4.78, 5) is 0. The first-order valence-corrected chi connectivity index (χ1v) is 7.15. The van der Waals surface area contributed by atoms with Crippen LogP contribution in [-0.4, -0.2) is 37.1 Å². The minimum absolute atomic E-state index is 0.193. The molecule has 0 bridgehead atoms. The topological polar surface area (TPSA) is 38.7 Å². The summed E-state index contributed by atoms with van der Waals surface area (Å²) >= 11 is 0. The van der Waals surface area contributed by atoms with E-state index in [-0.39, 0.29) is 12.2 Å². The molecule has 0 aliphatic heterocycles. The third-order valence-corrected chi connectivity index (χ3v) is 3.41. The van der Waals surface area contributed by atoms with Gasteiger partial charge in [0.05, 0.1) is 18.8 Å². The quantitative estimate of drug-likeness (QED) is 0.634. The molecule has 17 heavy (non-hydrogen) atoms. The lowest BCUT2D eigenvalue weighted by Crippen LogP contribution is -2.23. The number of hydrogen-bond donors (Lipinski definition) is 1. The fourth-order valence-corrected chi connectivity index (χ4v) is 2.30. The number of ether oxygens (including phenoxy) is 2. The number of hydrogen-bond acceptors (Lipinski definition) is 3. The van der Waals surface area contributed by atoms with Crippen LogP contribution in [-0.2, 0) is 9.47 Å². The molecule has 0 aromatic carbocycles. The van der Waals surface area contributed by atoms with Crippen molar-refractivity contribution in [3.63, 3.8) is 0 Å². The van der Waals surface area contributed by atoms with Gasteiger partial charge in [-0.15, -0.1) is 0 Å². The van der Waals surface area contributed by atoms with Gasteiger partial charge in [0, 0.05) is 19.1 Å². The van der Waals surface area contributed by atoms with Crippen molar-refractivity contribution in [1.29, 1.82) is 0 Å². The second kappa shape index (κ2) is 8.90. The zero-order valence-corrected chi connectivity index (χ0v) is 11.4. The van der Waals surface area contributed by atoms with Crippen LogP contribution >= 0.6 is 0 Å². The summed E-state index contributed by atoms with van der Waals surface area (Å²) in [6.07, 6.45) is 6.19. The van der Waals surface area contributed by atoms with E-state index in [0.29, 0.717) is 5.92 Å². The minimum atomic E-state index is -0.193. The van der Waals surface area contributed by atoms with Crippen LogP contribution in [0.1, 0.15) is 52.4 Å². The van der Waals surface area contributed by atoms with E-state index < -0.39 is 0 Å². The Labute approximate surface area is 105 Å². The van der Waals surface area contributed by atoms with Crippen molar-refractivity contribution in [1.82, 2.24) is 0 Å². The zero-order chi connectivity index (χ0) is 12.5. The van der Waals surface area contributed by atoms with Crippen molar-refractivity contribution >= 4 is 0 Å². The van der Waals surface area contributed by atoms with Gasteiger partial charge in [-0.05, 0) is 25.7 Å². The second-order valence-electron chi connectivity index (χ2n) is 5.08. The van der Waals surface area contributed by atoms with E-state index in [9.17, 15) is 5.11 Å². The minimum Gasteiger partial charge on any atom is -0.393 e. The maximum Gasteiger partial charge on any atom is 0.0650 e. The van der Waals surface area contributed by atoms with Gasteiger partial charge in [-0.2, -0.15) is 0 Å². The Bertz CT molecular complexity index is 184. The highest BCUT2D eigenvalue weighted by Gasteiger charge is 2.33. The van der Waals surface area contributed by atoms with Crippen molar-refractivity contribution in [3.8, 4) is 0 Å². The normalized spacial score (nSPS) is 28.8. The van der Waals surface area contributed by atoms with E-state index >= 15 is 0 Å². The van der Waals surface area contributed by atoms with Gasteiger partial charge in [-0.3, -0.25) is 0 Å². The van der Waals surface area contributed by atoms with Crippen LogP contribution in [0.3, 0.4) is 0 Å². The van der Waals surface area contributed by atoms with Gasteiger partial charge < -0.3 is 14.6 Å². The number of aliphatic hydroxyl groups excluding tert-OH is 1. The largest absolute Gasteiger partial charge is 0.393 e. The molecule has 1 unspecified atom stereocenters. The molecule has 0 saturated heterocycles. The molecule has 0 radical (unpaired) electrons. The van der Waals surface area contributed by atoms with Crippen molar-refractivity contribution in [2.45, 2.75) is 64.6 Å². The van der Waals surface area contributed by atoms with Gasteiger partial charge in [0.1, 0.15) is 0 Å². The molecule has 0 heterocycles. The highest BCUT2D eigenvalue weighted by atomic mass is 16.5. The molecule has 3 nitrogen and oxygen atoms in total. The molecular weight excluding hydrogens is 216 g/mol. The fourth-order valence-electron chi connectivity index (χ4n) is 2.30. The van der Waals surface area contributed by atoms with Gasteiger partial charge in [0.25, 0.3) is 0 Å². The van der Waals surface area contributed by atoms with E-state index in [1.807, 2.05) is 0 Å². The summed E-state index contributed by atoms with van der Waals surface area (Å²) in [5.74, 6) is 0.388.